The summed E-state index contributed by atoms with van der Waals surface area (Å²) in [7, 11) is -3.30. The van der Waals surface area contributed by atoms with Gasteiger partial charge in [0.2, 0.25) is 5.91 Å². The number of rotatable bonds is 9. The Bertz CT molecular complexity index is 544. The third kappa shape index (κ3) is 6.49. The summed E-state index contributed by atoms with van der Waals surface area (Å²) in [6.07, 6.45) is -5.73. The summed E-state index contributed by atoms with van der Waals surface area (Å²) in [4.78, 5) is 23.0. The van der Waals surface area contributed by atoms with E-state index in [1.54, 1.807) is 0 Å². The fourth-order valence-electron chi connectivity index (χ4n) is 1.84. The second-order valence-corrected chi connectivity index (χ2v) is 6.30. The first kappa shape index (κ1) is 21.7. The fourth-order valence-corrected chi connectivity index (χ4v) is 2.18. The SMILES string of the molecule is COP(=O)(O)OCNC(=O)COC1OC(CO)C(O)C(O)C1N=[N+]=[N-]. The maximum absolute atomic E-state index is 11.6. The molecule has 1 rings (SSSR count). The van der Waals surface area contributed by atoms with Crippen molar-refractivity contribution in [1.29, 1.82) is 0 Å². The molecule has 25 heavy (non-hydrogen) atoms. The largest absolute Gasteiger partial charge is 0.473 e. The summed E-state index contributed by atoms with van der Waals surface area (Å²) in [5.41, 5.74) is 8.50. The average Bonchev–Trinajstić information content (AvgIpc) is 2.58. The topological polar surface area (TPSA) is 213 Å². The van der Waals surface area contributed by atoms with Crippen LogP contribution in [0.15, 0.2) is 5.11 Å². The van der Waals surface area contributed by atoms with Crippen molar-refractivity contribution in [3.63, 3.8) is 0 Å². The van der Waals surface area contributed by atoms with Gasteiger partial charge in [-0.3, -0.25) is 13.8 Å². The third-order valence-corrected chi connectivity index (χ3v) is 4.06. The zero-order chi connectivity index (χ0) is 19.0. The van der Waals surface area contributed by atoms with E-state index in [4.69, 9.17) is 25.0 Å². The number of nitrogens with one attached hydrogen (secondary N) is 1. The molecule has 1 saturated heterocycles. The van der Waals surface area contributed by atoms with Crippen molar-refractivity contribution in [2.45, 2.75) is 30.6 Å². The quantitative estimate of drug-likeness (QED) is 0.0962. The van der Waals surface area contributed by atoms with Crippen LogP contribution >= 0.6 is 7.82 Å². The molecule has 1 aliphatic rings. The molecule has 0 aromatic carbocycles. The molecule has 14 nitrogen and oxygen atoms in total. The average molecular weight is 386 g/mol. The van der Waals surface area contributed by atoms with Gasteiger partial charge in [0.1, 0.15) is 31.6 Å². The molecule has 0 spiro atoms. The lowest BCUT2D eigenvalue weighted by Crippen LogP contribution is -2.58. The van der Waals surface area contributed by atoms with Crippen LogP contribution in [0.25, 0.3) is 10.4 Å². The summed E-state index contributed by atoms with van der Waals surface area (Å²) in [6.45, 7) is -1.95. The maximum Gasteiger partial charge on any atom is 0.473 e. The van der Waals surface area contributed by atoms with Gasteiger partial charge in [0.05, 0.1) is 12.7 Å². The van der Waals surface area contributed by atoms with Crippen molar-refractivity contribution in [2.75, 3.05) is 27.1 Å². The van der Waals surface area contributed by atoms with Crippen molar-refractivity contribution >= 4 is 13.7 Å². The number of aliphatic hydroxyl groups is 3. The van der Waals surface area contributed by atoms with E-state index in [-0.39, 0.29) is 0 Å². The predicted molar refractivity (Wildman–Crippen MR) is 77.6 cm³/mol. The summed E-state index contributed by atoms with van der Waals surface area (Å²) in [5.74, 6) is -0.791. The summed E-state index contributed by atoms with van der Waals surface area (Å²) < 4.78 is 29.7. The van der Waals surface area contributed by atoms with Crippen LogP contribution < -0.4 is 5.32 Å². The van der Waals surface area contributed by atoms with Gasteiger partial charge in [-0.2, -0.15) is 0 Å². The summed E-state index contributed by atoms with van der Waals surface area (Å²) in [6, 6.07) is -1.36. The van der Waals surface area contributed by atoms with Gasteiger partial charge < -0.3 is 35.0 Å². The normalized spacial score (nSPS) is 31.6. The zero-order valence-electron chi connectivity index (χ0n) is 13.0. The molecule has 0 bridgehead atoms. The number of phosphoric acid groups is 1. The zero-order valence-corrected chi connectivity index (χ0v) is 13.9. The highest BCUT2D eigenvalue weighted by Crippen LogP contribution is 2.41. The van der Waals surface area contributed by atoms with Gasteiger partial charge in [-0.25, -0.2) is 4.57 Å². The number of hydrogen-bond acceptors (Lipinski definition) is 10. The molecule has 1 heterocycles. The monoisotopic (exact) mass is 386 g/mol. The molecule has 6 atom stereocenters. The first-order valence-corrected chi connectivity index (χ1v) is 8.33. The molecule has 1 fully saturated rings. The van der Waals surface area contributed by atoms with Gasteiger partial charge in [-0.05, 0) is 5.53 Å². The number of aliphatic hydroxyl groups excluding tert-OH is 3. The van der Waals surface area contributed by atoms with Gasteiger partial charge in [-0.15, -0.1) is 0 Å². The Hall–Kier alpha value is -1.31. The lowest BCUT2D eigenvalue weighted by atomic mass is 9.98. The van der Waals surface area contributed by atoms with Crippen molar-refractivity contribution in [1.82, 2.24) is 5.32 Å². The van der Waals surface area contributed by atoms with Crippen molar-refractivity contribution < 1.29 is 48.1 Å². The molecule has 15 heteroatoms. The Morgan fingerprint density at radius 2 is 2.12 bits per heavy atom. The lowest BCUT2D eigenvalue weighted by molar-refractivity contribution is -0.263. The number of hydrogen-bond donors (Lipinski definition) is 5. The van der Waals surface area contributed by atoms with Gasteiger partial charge in [0.25, 0.3) is 0 Å². The predicted octanol–water partition coefficient (Wildman–Crippen LogP) is -2.04. The van der Waals surface area contributed by atoms with Crippen LogP contribution in [0.3, 0.4) is 0 Å². The van der Waals surface area contributed by atoms with E-state index in [9.17, 15) is 19.6 Å². The van der Waals surface area contributed by atoms with E-state index in [0.717, 1.165) is 7.11 Å². The van der Waals surface area contributed by atoms with Crippen LogP contribution in [0.4, 0.5) is 0 Å². The second-order valence-electron chi connectivity index (χ2n) is 4.74. The molecular formula is C10H19N4O10P. The van der Waals surface area contributed by atoms with Crippen LogP contribution in [0, 0.1) is 0 Å². The molecule has 0 radical (unpaired) electrons. The molecule has 0 aromatic rings. The Balaban J connectivity index is 2.56. The van der Waals surface area contributed by atoms with Gasteiger partial charge >= 0.3 is 7.82 Å². The van der Waals surface area contributed by atoms with Crippen LogP contribution in [-0.4, -0.2) is 83.8 Å². The second kappa shape index (κ2) is 9.99. The van der Waals surface area contributed by atoms with E-state index in [1.165, 1.54) is 0 Å². The molecular weight excluding hydrogens is 367 g/mol. The van der Waals surface area contributed by atoms with Crippen LogP contribution in [-0.2, 0) is 27.9 Å². The van der Waals surface area contributed by atoms with Gasteiger partial charge in [0.15, 0.2) is 6.29 Å². The number of phosphoric ester groups is 1. The van der Waals surface area contributed by atoms with Crippen LogP contribution in [0.2, 0.25) is 0 Å². The van der Waals surface area contributed by atoms with E-state index in [1.807, 2.05) is 0 Å². The summed E-state index contributed by atoms with van der Waals surface area (Å²) in [5, 5.41) is 34.0. The first-order chi connectivity index (χ1) is 11.8. The maximum atomic E-state index is 11.6. The smallest absolute Gasteiger partial charge is 0.394 e. The molecule has 1 aliphatic heterocycles. The van der Waals surface area contributed by atoms with Gasteiger partial charge in [-0.1, -0.05) is 5.11 Å². The lowest BCUT2D eigenvalue weighted by Gasteiger charge is -2.39. The number of nitrogens with zero attached hydrogens (tertiary/aromatic N) is 3. The molecule has 0 aromatic heterocycles. The Morgan fingerprint density at radius 3 is 2.68 bits per heavy atom. The van der Waals surface area contributed by atoms with E-state index < -0.39 is 64.3 Å². The Kier molecular flexibility index (Phi) is 8.68. The van der Waals surface area contributed by atoms with Gasteiger partial charge in [0, 0.05) is 12.0 Å². The van der Waals surface area contributed by atoms with Crippen LogP contribution in [0.5, 0.6) is 0 Å². The number of amides is 1. The molecule has 0 aliphatic carbocycles. The summed E-state index contributed by atoms with van der Waals surface area (Å²) >= 11 is 0. The number of carbonyl (C=O) groups is 1. The number of ether oxygens (including phenoxy) is 2. The molecule has 0 saturated carbocycles. The minimum Gasteiger partial charge on any atom is -0.394 e. The third-order valence-electron chi connectivity index (χ3n) is 3.14. The van der Waals surface area contributed by atoms with Crippen LogP contribution in [0.1, 0.15) is 0 Å². The molecule has 144 valence electrons. The van der Waals surface area contributed by atoms with E-state index in [2.05, 4.69) is 24.4 Å². The van der Waals surface area contributed by atoms with Crippen molar-refractivity contribution in [3.8, 4) is 0 Å². The van der Waals surface area contributed by atoms with E-state index in [0.29, 0.717) is 0 Å². The standard InChI is InChI=1S/C10H19N4O10P/c1-21-25(19,20)23-4-12-6(16)3-22-10-7(13-14-11)9(18)8(17)5(2-15)24-10/h5,7-10,15,17-18H,2-4H2,1H3,(H,12,16)(H,19,20). The minimum absolute atomic E-state index is 0.643. The Morgan fingerprint density at radius 1 is 1.44 bits per heavy atom. The first-order valence-electron chi connectivity index (χ1n) is 6.83. The molecule has 6 unspecified atom stereocenters. The van der Waals surface area contributed by atoms with E-state index >= 15 is 0 Å². The fraction of sp³-hybridized carbons (Fsp3) is 0.900. The number of carbonyl (C=O) groups excluding carboxylic acids is 1. The Labute approximate surface area is 141 Å². The van der Waals surface area contributed by atoms with Crippen molar-refractivity contribution in [2.24, 2.45) is 5.11 Å². The minimum atomic E-state index is -4.25. The highest BCUT2D eigenvalue weighted by molar-refractivity contribution is 7.47. The highest BCUT2D eigenvalue weighted by Gasteiger charge is 2.44. The molecule has 5 N–H and O–H groups in total. The number of azide groups is 1. The highest BCUT2D eigenvalue weighted by atomic mass is 31.2. The molecule has 1 amide bonds. The van der Waals surface area contributed by atoms with Crippen molar-refractivity contribution in [3.05, 3.63) is 10.4 Å².